The van der Waals surface area contributed by atoms with Crippen LogP contribution in [0.4, 0.5) is 11.4 Å². The number of halogens is 1. The SMILES string of the molecule is O=C(Nc1ccccc1C(=O)OCCOc1ccccc1)c1ccc([N+](=O)[O-])cc1Cl. The second-order valence-corrected chi connectivity index (χ2v) is 6.63. The van der Waals surface area contributed by atoms with E-state index in [2.05, 4.69) is 5.32 Å². The third-order valence-electron chi connectivity index (χ3n) is 4.13. The van der Waals surface area contributed by atoms with Crippen molar-refractivity contribution in [3.05, 3.63) is 99.1 Å². The monoisotopic (exact) mass is 440 g/mol. The predicted octanol–water partition coefficient (Wildman–Crippen LogP) is 4.74. The summed E-state index contributed by atoms with van der Waals surface area (Å²) in [5, 5.41) is 13.3. The van der Waals surface area contributed by atoms with Gasteiger partial charge >= 0.3 is 5.97 Å². The Morgan fingerprint density at radius 3 is 2.35 bits per heavy atom. The van der Waals surface area contributed by atoms with E-state index in [-0.39, 0.29) is 40.7 Å². The highest BCUT2D eigenvalue weighted by atomic mass is 35.5. The van der Waals surface area contributed by atoms with Gasteiger partial charge in [0.1, 0.15) is 19.0 Å². The number of nitrogens with zero attached hydrogens (tertiary/aromatic N) is 1. The Bertz CT molecular complexity index is 1100. The summed E-state index contributed by atoms with van der Waals surface area (Å²) in [4.78, 5) is 35.2. The maximum Gasteiger partial charge on any atom is 0.340 e. The van der Waals surface area contributed by atoms with E-state index in [1.807, 2.05) is 18.2 Å². The third-order valence-corrected chi connectivity index (χ3v) is 4.44. The second-order valence-electron chi connectivity index (χ2n) is 6.22. The quantitative estimate of drug-likeness (QED) is 0.234. The molecule has 0 spiro atoms. The molecule has 0 unspecified atom stereocenters. The molecule has 0 saturated heterocycles. The molecule has 3 rings (SSSR count). The molecule has 0 aromatic heterocycles. The summed E-state index contributed by atoms with van der Waals surface area (Å²) in [6.07, 6.45) is 0. The van der Waals surface area contributed by atoms with Crippen LogP contribution in [0.2, 0.25) is 5.02 Å². The van der Waals surface area contributed by atoms with Crippen LogP contribution < -0.4 is 10.1 Å². The third kappa shape index (κ3) is 5.80. The van der Waals surface area contributed by atoms with Crippen molar-refractivity contribution in [2.24, 2.45) is 0 Å². The molecule has 31 heavy (non-hydrogen) atoms. The van der Waals surface area contributed by atoms with Crippen LogP contribution in [0.15, 0.2) is 72.8 Å². The Labute approximate surface area is 182 Å². The summed E-state index contributed by atoms with van der Waals surface area (Å²) in [7, 11) is 0. The lowest BCUT2D eigenvalue weighted by molar-refractivity contribution is -0.384. The zero-order chi connectivity index (χ0) is 22.2. The van der Waals surface area contributed by atoms with Crippen LogP contribution in [-0.2, 0) is 4.74 Å². The van der Waals surface area contributed by atoms with Gasteiger partial charge in [-0.2, -0.15) is 0 Å². The molecule has 8 nitrogen and oxygen atoms in total. The number of anilines is 1. The minimum Gasteiger partial charge on any atom is -0.490 e. The first-order valence-corrected chi connectivity index (χ1v) is 9.53. The van der Waals surface area contributed by atoms with Gasteiger partial charge in [0.15, 0.2) is 0 Å². The maximum absolute atomic E-state index is 12.6. The molecule has 0 aliphatic heterocycles. The predicted molar refractivity (Wildman–Crippen MR) is 115 cm³/mol. The number of carbonyl (C=O) groups is 2. The smallest absolute Gasteiger partial charge is 0.340 e. The van der Waals surface area contributed by atoms with Gasteiger partial charge in [-0.05, 0) is 30.3 Å². The summed E-state index contributed by atoms with van der Waals surface area (Å²) >= 11 is 6.00. The van der Waals surface area contributed by atoms with Crippen molar-refractivity contribution in [1.82, 2.24) is 0 Å². The van der Waals surface area contributed by atoms with Crippen molar-refractivity contribution >= 4 is 34.9 Å². The molecule has 3 aromatic rings. The van der Waals surface area contributed by atoms with Crippen molar-refractivity contribution in [2.45, 2.75) is 0 Å². The first-order valence-electron chi connectivity index (χ1n) is 9.15. The fraction of sp³-hybridized carbons (Fsp3) is 0.0909. The van der Waals surface area contributed by atoms with Crippen LogP contribution in [0.5, 0.6) is 5.75 Å². The molecule has 0 aliphatic carbocycles. The number of para-hydroxylation sites is 2. The number of hydrogen-bond acceptors (Lipinski definition) is 6. The lowest BCUT2D eigenvalue weighted by Crippen LogP contribution is -2.17. The molecule has 0 heterocycles. The van der Waals surface area contributed by atoms with Gasteiger partial charge < -0.3 is 14.8 Å². The molecule has 1 N–H and O–H groups in total. The summed E-state index contributed by atoms with van der Waals surface area (Å²) < 4.78 is 10.7. The summed E-state index contributed by atoms with van der Waals surface area (Å²) in [5.41, 5.74) is 0.166. The van der Waals surface area contributed by atoms with Gasteiger partial charge in [0.2, 0.25) is 0 Å². The van der Waals surface area contributed by atoms with Crippen molar-refractivity contribution in [1.29, 1.82) is 0 Å². The fourth-order valence-corrected chi connectivity index (χ4v) is 2.91. The van der Waals surface area contributed by atoms with E-state index in [4.69, 9.17) is 21.1 Å². The van der Waals surface area contributed by atoms with E-state index < -0.39 is 16.8 Å². The number of amides is 1. The highest BCUT2D eigenvalue weighted by molar-refractivity contribution is 6.34. The van der Waals surface area contributed by atoms with E-state index in [0.29, 0.717) is 5.75 Å². The number of rotatable bonds is 8. The Hall–Kier alpha value is -3.91. The van der Waals surface area contributed by atoms with Crippen molar-refractivity contribution in [2.75, 3.05) is 18.5 Å². The zero-order valence-electron chi connectivity index (χ0n) is 16.1. The van der Waals surface area contributed by atoms with E-state index in [9.17, 15) is 19.7 Å². The molecule has 0 radical (unpaired) electrons. The molecule has 1 amide bonds. The van der Waals surface area contributed by atoms with Gasteiger partial charge in [-0.15, -0.1) is 0 Å². The van der Waals surface area contributed by atoms with Crippen LogP contribution in [0.1, 0.15) is 20.7 Å². The fourth-order valence-electron chi connectivity index (χ4n) is 2.65. The van der Waals surface area contributed by atoms with Crippen molar-refractivity contribution in [3.63, 3.8) is 0 Å². The first-order chi connectivity index (χ1) is 15.0. The molecule has 0 fully saturated rings. The van der Waals surface area contributed by atoms with E-state index in [1.165, 1.54) is 24.3 Å². The molecular formula is C22H17ClN2O6. The average molecular weight is 441 g/mol. The highest BCUT2D eigenvalue weighted by Crippen LogP contribution is 2.24. The lowest BCUT2D eigenvalue weighted by atomic mass is 10.1. The molecule has 0 saturated carbocycles. The van der Waals surface area contributed by atoms with Crippen molar-refractivity contribution in [3.8, 4) is 5.75 Å². The summed E-state index contributed by atoms with van der Waals surface area (Å²) in [5.74, 6) is -0.596. The normalized spacial score (nSPS) is 10.2. The number of hydrogen-bond donors (Lipinski definition) is 1. The summed E-state index contributed by atoms with van der Waals surface area (Å²) in [6.45, 7) is 0.187. The molecule has 0 aliphatic rings. The minimum atomic E-state index is -0.637. The van der Waals surface area contributed by atoms with Crippen molar-refractivity contribution < 1.29 is 24.0 Å². The van der Waals surface area contributed by atoms with Crippen LogP contribution in [0.25, 0.3) is 0 Å². The van der Waals surface area contributed by atoms with Gasteiger partial charge in [0.05, 0.1) is 26.8 Å². The zero-order valence-corrected chi connectivity index (χ0v) is 16.9. The van der Waals surface area contributed by atoms with Crippen LogP contribution >= 0.6 is 11.6 Å². The highest BCUT2D eigenvalue weighted by Gasteiger charge is 2.18. The van der Waals surface area contributed by atoms with Gasteiger partial charge in [-0.3, -0.25) is 14.9 Å². The van der Waals surface area contributed by atoms with E-state index in [1.54, 1.807) is 24.3 Å². The number of nitro groups is 1. The van der Waals surface area contributed by atoms with Gasteiger partial charge in [-0.1, -0.05) is 41.9 Å². The van der Waals surface area contributed by atoms with E-state index >= 15 is 0 Å². The molecule has 3 aromatic carbocycles. The number of benzene rings is 3. The Morgan fingerprint density at radius 1 is 0.935 bits per heavy atom. The molecule has 9 heteroatoms. The van der Waals surface area contributed by atoms with Crippen LogP contribution in [0.3, 0.4) is 0 Å². The first kappa shape index (κ1) is 21.8. The topological polar surface area (TPSA) is 108 Å². The molecular weight excluding hydrogens is 424 g/mol. The molecule has 158 valence electrons. The Balaban J connectivity index is 1.63. The number of carbonyl (C=O) groups excluding carboxylic acids is 2. The summed E-state index contributed by atoms with van der Waals surface area (Å²) in [6, 6.07) is 18.9. The molecule has 0 atom stereocenters. The number of esters is 1. The van der Waals surface area contributed by atoms with E-state index in [0.717, 1.165) is 6.07 Å². The average Bonchev–Trinajstić information content (AvgIpc) is 2.77. The lowest BCUT2D eigenvalue weighted by Gasteiger charge is -2.12. The Morgan fingerprint density at radius 2 is 1.65 bits per heavy atom. The van der Waals surface area contributed by atoms with Gasteiger partial charge in [-0.25, -0.2) is 4.79 Å². The number of nitro benzene ring substituents is 1. The minimum absolute atomic E-state index is 0.0180. The Kier molecular flexibility index (Phi) is 7.18. The number of ether oxygens (including phenoxy) is 2. The number of non-ortho nitro benzene ring substituents is 1. The second kappa shape index (κ2) is 10.2. The number of nitrogens with one attached hydrogen (secondary N) is 1. The largest absolute Gasteiger partial charge is 0.490 e. The standard InChI is InChI=1S/C22H17ClN2O6/c23-19-14-15(25(28)29)10-11-17(19)21(26)24-20-9-5-4-8-18(20)22(27)31-13-12-30-16-6-2-1-3-7-16/h1-11,14H,12-13H2,(H,24,26). The van der Waals surface area contributed by atoms with Gasteiger partial charge in [0, 0.05) is 12.1 Å². The van der Waals surface area contributed by atoms with Gasteiger partial charge in [0.25, 0.3) is 11.6 Å². The maximum atomic E-state index is 12.6. The molecule has 0 bridgehead atoms. The van der Waals surface area contributed by atoms with Crippen LogP contribution in [0, 0.1) is 10.1 Å². The van der Waals surface area contributed by atoms with Crippen LogP contribution in [-0.4, -0.2) is 30.0 Å².